The van der Waals surface area contributed by atoms with E-state index >= 15 is 0 Å². The number of carbonyl (C=O) groups is 2. The lowest BCUT2D eigenvalue weighted by Gasteiger charge is -2.18. The number of hydrogen-bond acceptors (Lipinski definition) is 3. The molecule has 0 bridgehead atoms. The van der Waals surface area contributed by atoms with Crippen molar-refractivity contribution in [3.8, 4) is 0 Å². The monoisotopic (exact) mass is 325 g/mol. The van der Waals surface area contributed by atoms with Crippen LogP contribution in [0.2, 0.25) is 0 Å². The van der Waals surface area contributed by atoms with Crippen LogP contribution in [0.3, 0.4) is 0 Å². The summed E-state index contributed by atoms with van der Waals surface area (Å²) in [6, 6.07) is 16.9. The van der Waals surface area contributed by atoms with Gasteiger partial charge in [-0.25, -0.2) is 0 Å². The van der Waals surface area contributed by atoms with Crippen molar-refractivity contribution in [3.63, 3.8) is 0 Å². The minimum atomic E-state index is -0.850. The fourth-order valence-corrected chi connectivity index (χ4v) is 2.41. The molecule has 0 radical (unpaired) electrons. The maximum Gasteiger partial charge on any atom is 0.314 e. The summed E-state index contributed by atoms with van der Waals surface area (Å²) in [6.07, 6.45) is -0.230. The summed E-state index contributed by atoms with van der Waals surface area (Å²) in [5.41, 5.74) is 2.70. The zero-order valence-electron chi connectivity index (χ0n) is 14.3. The van der Waals surface area contributed by atoms with Crippen LogP contribution in [-0.4, -0.2) is 18.0 Å². The second-order valence-corrected chi connectivity index (χ2v) is 5.81. The van der Waals surface area contributed by atoms with Crippen molar-refractivity contribution in [1.82, 2.24) is 0 Å². The van der Waals surface area contributed by atoms with Gasteiger partial charge in [0.15, 0.2) is 6.10 Å². The second kappa shape index (κ2) is 8.29. The van der Waals surface area contributed by atoms with Gasteiger partial charge >= 0.3 is 5.97 Å². The number of anilines is 1. The molecule has 0 fully saturated rings. The molecule has 2 aromatic carbocycles. The molecular weight excluding hydrogens is 302 g/mol. The van der Waals surface area contributed by atoms with Gasteiger partial charge in [0, 0.05) is 5.69 Å². The van der Waals surface area contributed by atoms with Crippen LogP contribution in [0.25, 0.3) is 0 Å². The second-order valence-electron chi connectivity index (χ2n) is 5.81. The smallest absolute Gasteiger partial charge is 0.314 e. The standard InChI is InChI=1S/C20H23NO3/c1-4-18(16-8-6-5-7-9-16)20(23)24-15(3)19(22)21-17-12-10-14(2)11-13-17/h5-13,15,18H,4H2,1-3H3,(H,21,22)/t15-,18+/m1/s1. The summed E-state index contributed by atoms with van der Waals surface area (Å²) >= 11 is 0. The summed E-state index contributed by atoms with van der Waals surface area (Å²) in [5.74, 6) is -1.08. The Hall–Kier alpha value is -2.62. The van der Waals surface area contributed by atoms with Gasteiger partial charge in [-0.05, 0) is 38.0 Å². The molecule has 24 heavy (non-hydrogen) atoms. The average molecular weight is 325 g/mol. The minimum Gasteiger partial charge on any atom is -0.452 e. The van der Waals surface area contributed by atoms with Crippen molar-refractivity contribution >= 4 is 17.6 Å². The largest absolute Gasteiger partial charge is 0.452 e. The van der Waals surface area contributed by atoms with E-state index in [9.17, 15) is 9.59 Å². The quantitative estimate of drug-likeness (QED) is 0.815. The predicted molar refractivity (Wildman–Crippen MR) is 94.8 cm³/mol. The van der Waals surface area contributed by atoms with E-state index in [2.05, 4.69) is 5.32 Å². The van der Waals surface area contributed by atoms with Gasteiger partial charge < -0.3 is 10.1 Å². The van der Waals surface area contributed by atoms with Gasteiger partial charge in [-0.15, -0.1) is 0 Å². The molecule has 2 atom stereocenters. The first kappa shape index (κ1) is 17.7. The van der Waals surface area contributed by atoms with Crippen molar-refractivity contribution < 1.29 is 14.3 Å². The highest BCUT2D eigenvalue weighted by molar-refractivity contribution is 5.95. The normalized spacial score (nSPS) is 13.0. The molecule has 0 aliphatic carbocycles. The van der Waals surface area contributed by atoms with E-state index in [0.717, 1.165) is 11.1 Å². The Balaban J connectivity index is 1.97. The fraction of sp³-hybridized carbons (Fsp3) is 0.300. The first-order valence-electron chi connectivity index (χ1n) is 8.14. The van der Waals surface area contributed by atoms with Gasteiger partial charge in [0.25, 0.3) is 5.91 Å². The summed E-state index contributed by atoms with van der Waals surface area (Å²) in [4.78, 5) is 24.6. The predicted octanol–water partition coefficient (Wildman–Crippen LogP) is 4.06. The van der Waals surface area contributed by atoms with Crippen molar-refractivity contribution in [1.29, 1.82) is 0 Å². The molecule has 2 rings (SSSR count). The number of ether oxygens (including phenoxy) is 1. The number of hydrogen-bond donors (Lipinski definition) is 1. The molecule has 126 valence electrons. The van der Waals surface area contributed by atoms with Crippen LogP contribution in [0.5, 0.6) is 0 Å². The van der Waals surface area contributed by atoms with E-state index in [1.54, 1.807) is 6.92 Å². The Morgan fingerprint density at radius 2 is 1.67 bits per heavy atom. The van der Waals surface area contributed by atoms with Crippen LogP contribution in [0.4, 0.5) is 5.69 Å². The van der Waals surface area contributed by atoms with Crippen LogP contribution in [0, 0.1) is 6.92 Å². The van der Waals surface area contributed by atoms with Crippen LogP contribution in [0.15, 0.2) is 54.6 Å². The summed E-state index contributed by atoms with van der Waals surface area (Å²) in [6.45, 7) is 5.49. The van der Waals surface area contributed by atoms with E-state index in [0.29, 0.717) is 12.1 Å². The minimum absolute atomic E-state index is 0.338. The van der Waals surface area contributed by atoms with Gasteiger partial charge in [-0.3, -0.25) is 9.59 Å². The van der Waals surface area contributed by atoms with Crippen molar-refractivity contribution in [2.45, 2.75) is 39.2 Å². The maximum atomic E-state index is 12.4. The van der Waals surface area contributed by atoms with Crippen molar-refractivity contribution in [2.24, 2.45) is 0 Å². The molecule has 2 aromatic rings. The Morgan fingerprint density at radius 3 is 2.25 bits per heavy atom. The number of nitrogens with one attached hydrogen (secondary N) is 1. The van der Waals surface area contributed by atoms with E-state index in [1.165, 1.54) is 0 Å². The van der Waals surface area contributed by atoms with Gasteiger partial charge in [-0.1, -0.05) is 55.0 Å². The number of benzene rings is 2. The molecule has 0 spiro atoms. The molecule has 0 unspecified atom stereocenters. The fourth-order valence-electron chi connectivity index (χ4n) is 2.41. The first-order valence-corrected chi connectivity index (χ1v) is 8.14. The molecule has 1 N–H and O–H groups in total. The topological polar surface area (TPSA) is 55.4 Å². The van der Waals surface area contributed by atoms with E-state index < -0.39 is 6.10 Å². The lowest BCUT2D eigenvalue weighted by molar-refractivity contribution is -0.154. The van der Waals surface area contributed by atoms with Crippen molar-refractivity contribution in [3.05, 3.63) is 65.7 Å². The lowest BCUT2D eigenvalue weighted by Crippen LogP contribution is -2.31. The van der Waals surface area contributed by atoms with Gasteiger partial charge in [0.05, 0.1) is 5.92 Å². The highest BCUT2D eigenvalue weighted by Gasteiger charge is 2.25. The Kier molecular flexibility index (Phi) is 6.13. The lowest BCUT2D eigenvalue weighted by atomic mass is 9.97. The average Bonchev–Trinajstić information content (AvgIpc) is 2.58. The van der Waals surface area contributed by atoms with Gasteiger partial charge in [0.2, 0.25) is 0 Å². The summed E-state index contributed by atoms with van der Waals surface area (Å²) < 4.78 is 5.36. The van der Waals surface area contributed by atoms with Crippen LogP contribution < -0.4 is 5.32 Å². The molecule has 4 heteroatoms. The van der Waals surface area contributed by atoms with Crippen LogP contribution in [-0.2, 0) is 14.3 Å². The van der Waals surface area contributed by atoms with E-state index in [4.69, 9.17) is 4.74 Å². The molecule has 0 aliphatic rings. The van der Waals surface area contributed by atoms with Crippen molar-refractivity contribution in [2.75, 3.05) is 5.32 Å². The SMILES string of the molecule is CC[C@H](C(=O)O[C@H](C)C(=O)Nc1ccc(C)cc1)c1ccccc1. The maximum absolute atomic E-state index is 12.4. The zero-order chi connectivity index (χ0) is 17.5. The number of esters is 1. The molecule has 0 saturated heterocycles. The van der Waals surface area contributed by atoms with Gasteiger partial charge in [0.1, 0.15) is 0 Å². The third kappa shape index (κ3) is 4.69. The molecule has 0 aromatic heterocycles. The number of carbonyl (C=O) groups excluding carboxylic acids is 2. The van der Waals surface area contributed by atoms with Gasteiger partial charge in [-0.2, -0.15) is 0 Å². The van der Waals surface area contributed by atoms with E-state index in [-0.39, 0.29) is 17.8 Å². The summed E-state index contributed by atoms with van der Waals surface area (Å²) in [5, 5.41) is 2.75. The highest BCUT2D eigenvalue weighted by atomic mass is 16.5. The Labute approximate surface area is 142 Å². The third-order valence-corrected chi connectivity index (χ3v) is 3.88. The number of aryl methyl sites for hydroxylation is 1. The molecule has 1 amide bonds. The molecule has 4 nitrogen and oxygen atoms in total. The Bertz CT molecular complexity index is 680. The third-order valence-electron chi connectivity index (χ3n) is 3.88. The Morgan fingerprint density at radius 1 is 1.04 bits per heavy atom. The molecular formula is C20H23NO3. The highest BCUT2D eigenvalue weighted by Crippen LogP contribution is 2.21. The van der Waals surface area contributed by atoms with Crippen LogP contribution >= 0.6 is 0 Å². The molecule has 0 aliphatic heterocycles. The summed E-state index contributed by atoms with van der Waals surface area (Å²) in [7, 11) is 0. The zero-order valence-corrected chi connectivity index (χ0v) is 14.3. The first-order chi connectivity index (χ1) is 11.5. The molecule has 0 heterocycles. The van der Waals surface area contributed by atoms with E-state index in [1.807, 2.05) is 68.4 Å². The number of rotatable bonds is 6. The number of amides is 1. The van der Waals surface area contributed by atoms with Crippen LogP contribution in [0.1, 0.15) is 37.3 Å². The molecule has 0 saturated carbocycles.